The summed E-state index contributed by atoms with van der Waals surface area (Å²) in [6, 6.07) is 6.29. The van der Waals surface area contributed by atoms with Gasteiger partial charge >= 0.3 is 0 Å². The van der Waals surface area contributed by atoms with E-state index in [0.717, 1.165) is 66.0 Å². The zero-order valence-electron chi connectivity index (χ0n) is 17.7. The normalized spacial score (nSPS) is 14.9. The molecular formula is C24H32N4O. The monoisotopic (exact) mass is 392 g/mol. The molecule has 0 unspecified atom stereocenters. The van der Waals surface area contributed by atoms with Crippen molar-refractivity contribution in [1.82, 2.24) is 9.55 Å². The minimum absolute atomic E-state index is 0.596. The summed E-state index contributed by atoms with van der Waals surface area (Å²) >= 11 is 0. The first-order valence-corrected chi connectivity index (χ1v) is 10.6. The molecule has 0 spiro atoms. The topological polar surface area (TPSA) is 65.4 Å². The Kier molecular flexibility index (Phi) is 7.42. The second-order valence-corrected chi connectivity index (χ2v) is 7.28. The van der Waals surface area contributed by atoms with Crippen molar-refractivity contribution in [2.75, 3.05) is 13.2 Å². The summed E-state index contributed by atoms with van der Waals surface area (Å²) in [6.45, 7) is 10.1. The molecule has 2 N–H and O–H groups in total. The standard InChI is InChI=1S/C24H32N4O/c1-4-15-29-20(5-2)17-22-23-9-7-6-8-14-28(23)24(27-22)19-11-10-18(12-13-25)21(16-19)26-3/h5,9-11,16-17H,3-4,6-8,12-15,25H2,1-2H3/b20-5+,22-17+. The molecule has 0 amide bonds. The molecule has 1 aromatic carbocycles. The molecule has 0 fully saturated rings. The molecule has 1 aliphatic rings. The van der Waals surface area contributed by atoms with E-state index < -0.39 is 0 Å². The van der Waals surface area contributed by atoms with E-state index in [0.29, 0.717) is 13.2 Å². The molecule has 154 valence electrons. The van der Waals surface area contributed by atoms with Crippen LogP contribution in [0.1, 0.15) is 45.1 Å². The van der Waals surface area contributed by atoms with E-state index >= 15 is 0 Å². The van der Waals surface area contributed by atoms with Gasteiger partial charge in [-0.2, -0.15) is 0 Å². The minimum atomic E-state index is 0.596. The fraction of sp³-hybridized carbons (Fsp3) is 0.417. The largest absolute Gasteiger partial charge is 0.494 e. The van der Waals surface area contributed by atoms with E-state index in [1.165, 1.54) is 11.8 Å². The third-order valence-electron chi connectivity index (χ3n) is 5.17. The molecule has 0 saturated carbocycles. The highest BCUT2D eigenvalue weighted by Gasteiger charge is 2.14. The number of nitrogens with two attached hydrogens (primary N) is 1. The van der Waals surface area contributed by atoms with Crippen LogP contribution in [0.5, 0.6) is 0 Å². The van der Waals surface area contributed by atoms with Gasteiger partial charge in [0.05, 0.1) is 23.0 Å². The lowest BCUT2D eigenvalue weighted by molar-refractivity contribution is 0.229. The van der Waals surface area contributed by atoms with Gasteiger partial charge in [-0.1, -0.05) is 25.1 Å². The van der Waals surface area contributed by atoms with Crippen molar-refractivity contribution >= 4 is 24.6 Å². The van der Waals surface area contributed by atoms with Crippen molar-refractivity contribution in [2.45, 2.75) is 52.5 Å². The maximum atomic E-state index is 5.87. The fourth-order valence-electron chi connectivity index (χ4n) is 3.68. The molecule has 1 aromatic heterocycles. The number of hydrogen-bond donors (Lipinski definition) is 1. The number of rotatable bonds is 8. The number of fused-ring (bicyclic) bond motifs is 1. The van der Waals surface area contributed by atoms with E-state index in [2.05, 4.69) is 53.6 Å². The van der Waals surface area contributed by atoms with Crippen LogP contribution in [0.25, 0.3) is 23.5 Å². The molecule has 2 heterocycles. The number of aliphatic imine (C=N–C) groups is 1. The lowest BCUT2D eigenvalue weighted by atomic mass is 10.1. The van der Waals surface area contributed by atoms with Crippen LogP contribution in [0.3, 0.4) is 0 Å². The van der Waals surface area contributed by atoms with Gasteiger partial charge in [-0.05, 0) is 70.0 Å². The number of ether oxygens (including phenoxy) is 1. The number of aromatic nitrogens is 2. The average Bonchev–Trinajstić information content (AvgIpc) is 2.91. The molecule has 5 heteroatoms. The smallest absolute Gasteiger partial charge is 0.141 e. The highest BCUT2D eigenvalue weighted by molar-refractivity contribution is 5.66. The van der Waals surface area contributed by atoms with Gasteiger partial charge in [0.25, 0.3) is 0 Å². The van der Waals surface area contributed by atoms with Crippen LogP contribution in [0, 0.1) is 0 Å². The quantitative estimate of drug-likeness (QED) is 0.553. The molecule has 0 aliphatic carbocycles. The maximum absolute atomic E-state index is 5.87. The summed E-state index contributed by atoms with van der Waals surface area (Å²) in [7, 11) is 0. The number of imidazole rings is 1. The Hall–Kier alpha value is -2.66. The SMILES string of the molecule is C=Nc1cc(-c2n/c(=C/C(=C\C)OCCC)c3n2CCCCC=3)ccc1CCN. The van der Waals surface area contributed by atoms with Crippen molar-refractivity contribution in [3.63, 3.8) is 0 Å². The minimum Gasteiger partial charge on any atom is -0.494 e. The maximum Gasteiger partial charge on any atom is 0.141 e. The molecule has 0 bridgehead atoms. The zero-order valence-corrected chi connectivity index (χ0v) is 17.7. The summed E-state index contributed by atoms with van der Waals surface area (Å²) in [5, 5.41) is 2.14. The Morgan fingerprint density at radius 1 is 1.38 bits per heavy atom. The summed E-state index contributed by atoms with van der Waals surface area (Å²) in [4.78, 5) is 9.24. The van der Waals surface area contributed by atoms with E-state index in [4.69, 9.17) is 15.5 Å². The van der Waals surface area contributed by atoms with Gasteiger partial charge in [0, 0.05) is 18.2 Å². The van der Waals surface area contributed by atoms with Crippen LogP contribution in [-0.2, 0) is 17.7 Å². The number of benzene rings is 1. The van der Waals surface area contributed by atoms with Gasteiger partial charge in [-0.3, -0.25) is 4.99 Å². The van der Waals surface area contributed by atoms with E-state index in [-0.39, 0.29) is 0 Å². The van der Waals surface area contributed by atoms with Crippen LogP contribution in [0.2, 0.25) is 0 Å². The number of nitrogens with zero attached hydrogens (tertiary/aromatic N) is 3. The molecule has 0 atom stereocenters. The van der Waals surface area contributed by atoms with E-state index in [9.17, 15) is 0 Å². The lowest BCUT2D eigenvalue weighted by Gasteiger charge is -2.10. The van der Waals surface area contributed by atoms with Gasteiger partial charge in [-0.15, -0.1) is 0 Å². The predicted octanol–water partition coefficient (Wildman–Crippen LogP) is 3.46. The molecule has 0 saturated heterocycles. The summed E-state index contributed by atoms with van der Waals surface area (Å²) < 4.78 is 8.20. The number of hydrogen-bond acceptors (Lipinski definition) is 4. The van der Waals surface area contributed by atoms with E-state index in [1.54, 1.807) is 0 Å². The third kappa shape index (κ3) is 4.85. The van der Waals surface area contributed by atoms with Gasteiger partial charge in [0.2, 0.25) is 0 Å². The van der Waals surface area contributed by atoms with Crippen LogP contribution < -0.4 is 16.4 Å². The van der Waals surface area contributed by atoms with E-state index in [1.807, 2.05) is 13.0 Å². The first kappa shape index (κ1) is 21.1. The summed E-state index contributed by atoms with van der Waals surface area (Å²) in [6.07, 6.45) is 11.5. The Morgan fingerprint density at radius 3 is 2.97 bits per heavy atom. The zero-order chi connectivity index (χ0) is 20.6. The molecule has 3 rings (SSSR count). The highest BCUT2D eigenvalue weighted by Crippen LogP contribution is 2.26. The van der Waals surface area contributed by atoms with Crippen LogP contribution in [0.15, 0.2) is 35.0 Å². The lowest BCUT2D eigenvalue weighted by Crippen LogP contribution is -2.30. The highest BCUT2D eigenvalue weighted by atomic mass is 16.5. The van der Waals surface area contributed by atoms with Crippen molar-refractivity contribution < 1.29 is 4.74 Å². The Morgan fingerprint density at radius 2 is 2.24 bits per heavy atom. The predicted molar refractivity (Wildman–Crippen MR) is 122 cm³/mol. The van der Waals surface area contributed by atoms with Gasteiger partial charge < -0.3 is 15.0 Å². The molecule has 2 aromatic rings. The van der Waals surface area contributed by atoms with Gasteiger partial charge in [-0.25, -0.2) is 4.98 Å². The van der Waals surface area contributed by atoms with Crippen molar-refractivity contribution in [1.29, 1.82) is 0 Å². The molecule has 5 nitrogen and oxygen atoms in total. The Bertz CT molecular complexity index is 1000. The van der Waals surface area contributed by atoms with Crippen molar-refractivity contribution in [2.24, 2.45) is 10.7 Å². The molecule has 29 heavy (non-hydrogen) atoms. The van der Waals surface area contributed by atoms with Gasteiger partial charge in [0.1, 0.15) is 11.6 Å². The fourth-order valence-corrected chi connectivity index (χ4v) is 3.68. The summed E-state index contributed by atoms with van der Waals surface area (Å²) in [5.41, 5.74) is 8.80. The van der Waals surface area contributed by atoms with Crippen molar-refractivity contribution in [3.05, 3.63) is 46.3 Å². The first-order valence-electron chi connectivity index (χ1n) is 10.6. The van der Waals surface area contributed by atoms with Gasteiger partial charge in [0.15, 0.2) is 0 Å². The summed E-state index contributed by atoms with van der Waals surface area (Å²) in [5.74, 6) is 1.84. The average molecular weight is 393 g/mol. The van der Waals surface area contributed by atoms with Crippen LogP contribution in [0.4, 0.5) is 5.69 Å². The van der Waals surface area contributed by atoms with Crippen LogP contribution >= 0.6 is 0 Å². The first-order chi connectivity index (χ1) is 14.2. The Balaban J connectivity index is 2.14. The van der Waals surface area contributed by atoms with Crippen LogP contribution in [-0.4, -0.2) is 29.4 Å². The molecule has 0 radical (unpaired) electrons. The number of allylic oxidation sites excluding steroid dienone is 2. The van der Waals surface area contributed by atoms with Crippen molar-refractivity contribution in [3.8, 4) is 11.4 Å². The second kappa shape index (κ2) is 10.2. The second-order valence-electron chi connectivity index (χ2n) is 7.28. The Labute approximate surface area is 173 Å². The molecular weight excluding hydrogens is 360 g/mol. The third-order valence-corrected chi connectivity index (χ3v) is 5.17. The molecule has 1 aliphatic heterocycles.